The molecular formula is C11H18N2O2. The third-order valence-corrected chi connectivity index (χ3v) is 2.36. The van der Waals surface area contributed by atoms with Gasteiger partial charge in [0, 0.05) is 18.8 Å². The van der Waals surface area contributed by atoms with Crippen LogP contribution in [0, 0.1) is 0 Å². The first-order chi connectivity index (χ1) is 7.15. The molecule has 0 aliphatic heterocycles. The van der Waals surface area contributed by atoms with Gasteiger partial charge in [-0.25, -0.2) is 0 Å². The minimum atomic E-state index is 0.0575. The van der Waals surface area contributed by atoms with E-state index in [4.69, 9.17) is 5.11 Å². The highest BCUT2D eigenvalue weighted by Gasteiger charge is 2.14. The van der Waals surface area contributed by atoms with Crippen molar-refractivity contribution < 1.29 is 9.90 Å². The van der Waals surface area contributed by atoms with Crippen molar-refractivity contribution in [3.63, 3.8) is 0 Å². The van der Waals surface area contributed by atoms with E-state index < -0.39 is 0 Å². The number of aliphatic hydroxyl groups excluding tert-OH is 1. The Morgan fingerprint density at radius 1 is 1.60 bits per heavy atom. The number of carbonyl (C=O) groups is 1. The number of aliphatic hydroxyl groups is 1. The lowest BCUT2D eigenvalue weighted by atomic mass is 10.2. The molecule has 1 aromatic rings. The van der Waals surface area contributed by atoms with Gasteiger partial charge in [0.05, 0.1) is 18.8 Å². The Morgan fingerprint density at radius 3 is 2.80 bits per heavy atom. The van der Waals surface area contributed by atoms with E-state index >= 15 is 0 Å². The molecule has 0 fully saturated rings. The third kappa shape index (κ3) is 3.49. The normalized spacial score (nSPS) is 11.3. The van der Waals surface area contributed by atoms with E-state index in [0.29, 0.717) is 18.8 Å². The van der Waals surface area contributed by atoms with Crippen molar-refractivity contribution >= 4 is 5.78 Å². The van der Waals surface area contributed by atoms with Crippen LogP contribution in [0.1, 0.15) is 24.3 Å². The van der Waals surface area contributed by atoms with E-state index in [1.54, 1.807) is 18.3 Å². The van der Waals surface area contributed by atoms with Gasteiger partial charge in [-0.1, -0.05) is 0 Å². The van der Waals surface area contributed by atoms with Gasteiger partial charge < -0.3 is 10.1 Å². The molecule has 1 heterocycles. The Kier molecular flexibility index (Phi) is 4.52. The second kappa shape index (κ2) is 5.68. The van der Waals surface area contributed by atoms with Crippen LogP contribution < -0.4 is 0 Å². The summed E-state index contributed by atoms with van der Waals surface area (Å²) in [7, 11) is 0. The number of rotatable bonds is 6. The van der Waals surface area contributed by atoms with Crippen molar-refractivity contribution in [2.75, 3.05) is 19.7 Å². The largest absolute Gasteiger partial charge is 0.395 e. The van der Waals surface area contributed by atoms with Gasteiger partial charge in [0.2, 0.25) is 0 Å². The molecule has 0 aliphatic carbocycles. The van der Waals surface area contributed by atoms with Crippen LogP contribution in [0.4, 0.5) is 0 Å². The molecule has 0 atom stereocenters. The number of aromatic amines is 1. The molecule has 15 heavy (non-hydrogen) atoms. The van der Waals surface area contributed by atoms with Crippen LogP contribution >= 0.6 is 0 Å². The van der Waals surface area contributed by atoms with Crippen molar-refractivity contribution in [2.45, 2.75) is 19.9 Å². The van der Waals surface area contributed by atoms with Gasteiger partial charge in [0.25, 0.3) is 0 Å². The number of H-pyrrole nitrogens is 1. The summed E-state index contributed by atoms with van der Waals surface area (Å²) in [6, 6.07) is 3.83. The van der Waals surface area contributed by atoms with Crippen LogP contribution in [0.2, 0.25) is 0 Å². The molecule has 0 aromatic carbocycles. The first-order valence-corrected chi connectivity index (χ1v) is 5.16. The lowest BCUT2D eigenvalue weighted by Gasteiger charge is -2.24. The van der Waals surface area contributed by atoms with Crippen molar-refractivity contribution in [2.24, 2.45) is 0 Å². The highest BCUT2D eigenvalue weighted by molar-refractivity contribution is 5.95. The minimum absolute atomic E-state index is 0.0575. The van der Waals surface area contributed by atoms with Crippen LogP contribution in [0.25, 0.3) is 0 Å². The standard InChI is InChI=1S/C11H18N2O2/c1-9(2)13(6-7-14)8-11(15)10-4-3-5-12-10/h3-5,9,12,14H,6-8H2,1-2H3. The molecule has 0 spiro atoms. The minimum Gasteiger partial charge on any atom is -0.395 e. The zero-order valence-electron chi connectivity index (χ0n) is 9.23. The fourth-order valence-corrected chi connectivity index (χ4v) is 1.42. The second-order valence-electron chi connectivity index (χ2n) is 3.79. The SMILES string of the molecule is CC(C)N(CCO)CC(=O)c1ccc[nH]1. The number of hydrogen-bond acceptors (Lipinski definition) is 3. The number of nitrogens with one attached hydrogen (secondary N) is 1. The van der Waals surface area contributed by atoms with Crippen molar-refractivity contribution in [1.82, 2.24) is 9.88 Å². The number of ketones is 1. The Morgan fingerprint density at radius 2 is 2.33 bits per heavy atom. The molecular weight excluding hydrogens is 192 g/mol. The molecule has 1 rings (SSSR count). The number of aromatic nitrogens is 1. The molecule has 0 amide bonds. The highest BCUT2D eigenvalue weighted by atomic mass is 16.3. The third-order valence-electron chi connectivity index (χ3n) is 2.36. The molecule has 2 N–H and O–H groups in total. The zero-order chi connectivity index (χ0) is 11.3. The average molecular weight is 210 g/mol. The van der Waals surface area contributed by atoms with Crippen LogP contribution in [-0.2, 0) is 0 Å². The van der Waals surface area contributed by atoms with Crippen LogP contribution in [-0.4, -0.2) is 46.5 Å². The van der Waals surface area contributed by atoms with Crippen molar-refractivity contribution in [1.29, 1.82) is 0 Å². The maximum absolute atomic E-state index is 11.7. The van der Waals surface area contributed by atoms with E-state index in [1.165, 1.54) is 0 Å². The molecule has 0 radical (unpaired) electrons. The van der Waals surface area contributed by atoms with Crippen molar-refractivity contribution in [3.8, 4) is 0 Å². The van der Waals surface area contributed by atoms with Gasteiger partial charge in [-0.3, -0.25) is 9.69 Å². The van der Waals surface area contributed by atoms with E-state index in [-0.39, 0.29) is 18.4 Å². The van der Waals surface area contributed by atoms with E-state index in [0.717, 1.165) is 0 Å². The smallest absolute Gasteiger partial charge is 0.192 e. The first kappa shape index (κ1) is 11.9. The van der Waals surface area contributed by atoms with Crippen molar-refractivity contribution in [3.05, 3.63) is 24.0 Å². The maximum atomic E-state index is 11.7. The molecule has 0 aliphatic rings. The molecule has 0 saturated heterocycles. The molecule has 1 aromatic heterocycles. The van der Waals surface area contributed by atoms with Gasteiger partial charge in [0.15, 0.2) is 5.78 Å². The lowest BCUT2D eigenvalue weighted by molar-refractivity contribution is 0.0877. The lowest BCUT2D eigenvalue weighted by Crippen LogP contribution is -2.37. The monoisotopic (exact) mass is 210 g/mol. The summed E-state index contributed by atoms with van der Waals surface area (Å²) in [5.74, 6) is 0.0575. The fraction of sp³-hybridized carbons (Fsp3) is 0.545. The number of nitrogens with zero attached hydrogens (tertiary/aromatic N) is 1. The first-order valence-electron chi connectivity index (χ1n) is 5.16. The Hall–Kier alpha value is -1.13. The summed E-state index contributed by atoms with van der Waals surface area (Å²) in [5, 5.41) is 8.87. The predicted octanol–water partition coefficient (Wildman–Crippen LogP) is 0.900. The average Bonchev–Trinajstić information content (AvgIpc) is 2.69. The molecule has 84 valence electrons. The number of Topliss-reactive ketones (excluding diaryl/α,β-unsaturated/α-hetero) is 1. The fourth-order valence-electron chi connectivity index (χ4n) is 1.42. The van der Waals surface area contributed by atoms with Gasteiger partial charge in [-0.05, 0) is 26.0 Å². The summed E-state index contributed by atoms with van der Waals surface area (Å²) in [6.07, 6.45) is 1.74. The topological polar surface area (TPSA) is 56.3 Å². The van der Waals surface area contributed by atoms with Crippen LogP contribution in [0.5, 0.6) is 0 Å². The zero-order valence-corrected chi connectivity index (χ0v) is 9.23. The van der Waals surface area contributed by atoms with Gasteiger partial charge in [-0.2, -0.15) is 0 Å². The van der Waals surface area contributed by atoms with Gasteiger partial charge in [0.1, 0.15) is 0 Å². The van der Waals surface area contributed by atoms with E-state index in [1.807, 2.05) is 18.7 Å². The molecule has 0 bridgehead atoms. The number of carbonyl (C=O) groups excluding carboxylic acids is 1. The molecule has 0 saturated carbocycles. The molecule has 0 unspecified atom stereocenters. The maximum Gasteiger partial charge on any atom is 0.192 e. The van der Waals surface area contributed by atoms with E-state index in [2.05, 4.69) is 4.98 Å². The molecule has 4 nitrogen and oxygen atoms in total. The summed E-state index contributed by atoms with van der Waals surface area (Å²) < 4.78 is 0. The van der Waals surface area contributed by atoms with Gasteiger partial charge >= 0.3 is 0 Å². The Labute approximate surface area is 89.9 Å². The summed E-state index contributed by atoms with van der Waals surface area (Å²) >= 11 is 0. The highest BCUT2D eigenvalue weighted by Crippen LogP contribution is 2.02. The Bertz CT molecular complexity index is 294. The Balaban J connectivity index is 2.55. The molecule has 4 heteroatoms. The van der Waals surface area contributed by atoms with Crippen LogP contribution in [0.15, 0.2) is 18.3 Å². The van der Waals surface area contributed by atoms with Gasteiger partial charge in [-0.15, -0.1) is 0 Å². The summed E-state index contributed by atoms with van der Waals surface area (Å²) in [4.78, 5) is 16.6. The second-order valence-corrected chi connectivity index (χ2v) is 3.79. The predicted molar refractivity (Wildman–Crippen MR) is 58.9 cm³/mol. The van der Waals surface area contributed by atoms with Crippen LogP contribution in [0.3, 0.4) is 0 Å². The van der Waals surface area contributed by atoms with E-state index in [9.17, 15) is 4.79 Å². The summed E-state index contributed by atoms with van der Waals surface area (Å²) in [5.41, 5.74) is 0.624. The number of hydrogen-bond donors (Lipinski definition) is 2. The summed E-state index contributed by atoms with van der Waals surface area (Å²) in [6.45, 7) is 4.98. The quantitative estimate of drug-likeness (QED) is 0.686.